The Hall–Kier alpha value is -0.340. The van der Waals surface area contributed by atoms with Crippen molar-refractivity contribution in [2.45, 2.75) is 32.4 Å². The van der Waals surface area contributed by atoms with E-state index in [4.69, 9.17) is 4.89 Å². The first kappa shape index (κ1) is 11.7. The summed E-state index contributed by atoms with van der Waals surface area (Å²) in [6.07, 6.45) is -0.497. The smallest absolute Gasteiger partial charge is 0.291 e. The summed E-state index contributed by atoms with van der Waals surface area (Å²) in [6, 6.07) is 0. The van der Waals surface area contributed by atoms with E-state index in [1.54, 1.807) is 0 Å². The Labute approximate surface area is 71.8 Å². The van der Waals surface area contributed by atoms with Gasteiger partial charge in [-0.2, -0.15) is 4.89 Å². The fraction of sp³-hybridized carbons (Fsp3) is 0.857. The lowest BCUT2D eigenvalue weighted by atomic mass is 10.1. The molecule has 1 N–H and O–H groups in total. The Morgan fingerprint density at radius 2 is 2.25 bits per heavy atom. The molecule has 0 spiro atoms. The summed E-state index contributed by atoms with van der Waals surface area (Å²) in [5.74, 6) is -0.757. The Balaban J connectivity index is 3.69. The maximum atomic E-state index is 12.8. The second-order valence-corrected chi connectivity index (χ2v) is 3.61. The molecule has 0 radical (unpaired) electrons. The monoisotopic (exact) mass is 195 g/mol. The lowest BCUT2D eigenvalue weighted by Crippen LogP contribution is -2.17. The molecule has 0 fully saturated rings. The summed E-state index contributed by atoms with van der Waals surface area (Å²) in [4.78, 5) is 19.1. The van der Waals surface area contributed by atoms with Crippen molar-refractivity contribution in [2.24, 2.45) is 0 Å². The van der Waals surface area contributed by atoms with Crippen molar-refractivity contribution in [3.63, 3.8) is 0 Å². The second-order valence-electron chi connectivity index (χ2n) is 2.59. The average Bonchev–Trinajstić information content (AvgIpc) is 1.98. The fourth-order valence-electron chi connectivity index (χ4n) is 0.777. The lowest BCUT2D eigenvalue weighted by Gasteiger charge is -2.00. The van der Waals surface area contributed by atoms with Crippen LogP contribution >= 0.6 is 8.03 Å². The Bertz CT molecular complexity index is 172. The highest BCUT2D eigenvalue weighted by molar-refractivity contribution is 7.39. The summed E-state index contributed by atoms with van der Waals surface area (Å²) in [5, 5.41) is 0. The number of unbranched alkanes of at least 4 members (excludes halogenated alkanes) is 1. The van der Waals surface area contributed by atoms with Crippen LogP contribution in [0.25, 0.3) is 0 Å². The highest BCUT2D eigenvalue weighted by Crippen LogP contribution is 2.16. The van der Waals surface area contributed by atoms with Crippen molar-refractivity contribution in [3.05, 3.63) is 0 Å². The van der Waals surface area contributed by atoms with Crippen LogP contribution in [-0.4, -0.2) is 23.0 Å². The van der Waals surface area contributed by atoms with Crippen LogP contribution in [0.4, 0.5) is 4.39 Å². The molecule has 2 atom stereocenters. The molecule has 0 saturated carbocycles. The van der Waals surface area contributed by atoms with Gasteiger partial charge in [-0.1, -0.05) is 19.8 Å². The third kappa shape index (κ3) is 5.33. The van der Waals surface area contributed by atoms with Crippen molar-refractivity contribution in [1.29, 1.82) is 0 Å². The van der Waals surface area contributed by atoms with E-state index >= 15 is 0 Å². The van der Waals surface area contributed by atoms with Crippen molar-refractivity contribution >= 4 is 13.8 Å². The van der Waals surface area contributed by atoms with Crippen molar-refractivity contribution in [2.75, 3.05) is 6.16 Å². The van der Waals surface area contributed by atoms with Crippen LogP contribution in [0.15, 0.2) is 0 Å². The molecule has 0 aromatic heterocycles. The van der Waals surface area contributed by atoms with Crippen LogP contribution < -0.4 is 0 Å². The van der Waals surface area contributed by atoms with Crippen molar-refractivity contribution in [1.82, 2.24) is 0 Å². The first-order chi connectivity index (χ1) is 5.57. The molecule has 0 heterocycles. The standard InChI is InChI=1S/C7H12FO3P/c1-2-3-4-6(8)7(9)5-12(10)11/h6H,2-5H2,1H3/p+1. The molecule has 0 amide bonds. The Kier molecular flexibility index (Phi) is 6.03. The fourth-order valence-corrected chi connectivity index (χ4v) is 1.24. The predicted octanol–water partition coefficient (Wildman–Crippen LogP) is 1.82. The molecule has 0 aromatic rings. The first-order valence-corrected chi connectivity index (χ1v) is 5.28. The maximum absolute atomic E-state index is 12.8. The van der Waals surface area contributed by atoms with E-state index in [1.807, 2.05) is 6.92 Å². The van der Waals surface area contributed by atoms with E-state index in [0.29, 0.717) is 6.42 Å². The largest absolute Gasteiger partial charge is 0.513 e. The third-order valence-corrected chi connectivity index (χ3v) is 2.03. The topological polar surface area (TPSA) is 54.4 Å². The van der Waals surface area contributed by atoms with Crippen LogP contribution in [0.5, 0.6) is 0 Å². The van der Waals surface area contributed by atoms with E-state index in [-0.39, 0.29) is 6.42 Å². The summed E-state index contributed by atoms with van der Waals surface area (Å²) in [7, 11) is -2.53. The molecule has 3 nitrogen and oxygen atoms in total. The van der Waals surface area contributed by atoms with E-state index in [0.717, 1.165) is 6.42 Å². The highest BCUT2D eigenvalue weighted by Gasteiger charge is 2.25. The molecule has 0 aliphatic rings. The minimum Gasteiger partial charge on any atom is -0.291 e. The van der Waals surface area contributed by atoms with Crippen molar-refractivity contribution < 1.29 is 18.6 Å². The number of rotatable bonds is 6. The van der Waals surface area contributed by atoms with Crippen LogP contribution in [-0.2, 0) is 9.36 Å². The number of halogens is 1. The molecule has 0 rings (SSSR count). The number of hydrogen-bond acceptors (Lipinski definition) is 2. The number of carbonyl (C=O) groups excluding carboxylic acids is 1. The average molecular weight is 195 g/mol. The molecule has 5 heteroatoms. The van der Waals surface area contributed by atoms with Crippen LogP contribution in [0.3, 0.4) is 0 Å². The number of hydrogen-bond donors (Lipinski definition) is 1. The number of ketones is 1. The molecule has 70 valence electrons. The molecular formula is C7H13FO3P+. The normalized spacial score (nSPS) is 14.1. The van der Waals surface area contributed by atoms with Gasteiger partial charge in [-0.25, -0.2) is 4.39 Å². The number of Topliss-reactive ketones (excluding diaryl/α,β-unsaturated/α-hetero) is 1. The SMILES string of the molecule is CCCCC(F)C(=O)C[P+](=O)O. The first-order valence-electron chi connectivity index (χ1n) is 3.88. The summed E-state index contributed by atoms with van der Waals surface area (Å²) in [6.45, 7) is 1.89. The van der Waals surface area contributed by atoms with Gasteiger partial charge in [0.2, 0.25) is 11.9 Å². The van der Waals surface area contributed by atoms with Gasteiger partial charge in [0.1, 0.15) is 0 Å². The summed E-state index contributed by atoms with van der Waals surface area (Å²) >= 11 is 0. The van der Waals surface area contributed by atoms with Gasteiger partial charge in [0, 0.05) is 0 Å². The molecule has 0 saturated heterocycles. The molecule has 0 aliphatic carbocycles. The summed E-state index contributed by atoms with van der Waals surface area (Å²) in [5.41, 5.74) is 0. The minimum atomic E-state index is -2.53. The number of alkyl halides is 1. The maximum Gasteiger partial charge on any atom is 0.513 e. The third-order valence-electron chi connectivity index (χ3n) is 1.45. The highest BCUT2D eigenvalue weighted by atomic mass is 31.1. The molecular weight excluding hydrogens is 182 g/mol. The lowest BCUT2D eigenvalue weighted by molar-refractivity contribution is -0.121. The van der Waals surface area contributed by atoms with Gasteiger partial charge in [0.15, 0.2) is 6.17 Å². The Morgan fingerprint density at radius 1 is 1.67 bits per heavy atom. The molecule has 12 heavy (non-hydrogen) atoms. The van der Waals surface area contributed by atoms with E-state index < -0.39 is 26.1 Å². The van der Waals surface area contributed by atoms with Crippen LogP contribution in [0, 0.1) is 0 Å². The van der Waals surface area contributed by atoms with E-state index in [1.165, 1.54) is 0 Å². The van der Waals surface area contributed by atoms with Crippen molar-refractivity contribution in [3.8, 4) is 0 Å². The Morgan fingerprint density at radius 3 is 2.67 bits per heavy atom. The van der Waals surface area contributed by atoms with Gasteiger partial charge < -0.3 is 0 Å². The van der Waals surface area contributed by atoms with E-state index in [2.05, 4.69) is 0 Å². The number of carbonyl (C=O) groups is 1. The molecule has 0 aromatic carbocycles. The minimum absolute atomic E-state index is 0.165. The van der Waals surface area contributed by atoms with Crippen LogP contribution in [0.2, 0.25) is 0 Å². The molecule has 0 bridgehead atoms. The van der Waals surface area contributed by atoms with Gasteiger partial charge in [0.25, 0.3) is 0 Å². The summed E-state index contributed by atoms with van der Waals surface area (Å²) < 4.78 is 22.9. The predicted molar refractivity (Wildman–Crippen MR) is 44.1 cm³/mol. The van der Waals surface area contributed by atoms with E-state index in [9.17, 15) is 13.8 Å². The van der Waals surface area contributed by atoms with Gasteiger partial charge in [0.05, 0.1) is 0 Å². The van der Waals surface area contributed by atoms with Gasteiger partial charge in [-0.15, -0.1) is 0 Å². The molecule has 0 aliphatic heterocycles. The zero-order valence-electron chi connectivity index (χ0n) is 6.99. The molecule has 2 unspecified atom stereocenters. The second kappa shape index (κ2) is 6.21. The quantitative estimate of drug-likeness (QED) is 0.657. The zero-order valence-corrected chi connectivity index (χ0v) is 7.89. The zero-order chi connectivity index (χ0) is 9.56. The van der Waals surface area contributed by atoms with Gasteiger partial charge >= 0.3 is 8.03 Å². The van der Waals surface area contributed by atoms with Crippen LogP contribution in [0.1, 0.15) is 26.2 Å². The van der Waals surface area contributed by atoms with Gasteiger partial charge in [-0.05, 0) is 11.0 Å². The van der Waals surface area contributed by atoms with Gasteiger partial charge in [-0.3, -0.25) is 4.79 Å².